The van der Waals surface area contributed by atoms with Gasteiger partial charge in [-0.05, 0) is 81.1 Å². The van der Waals surface area contributed by atoms with E-state index in [0.717, 1.165) is 4.90 Å². The highest BCUT2D eigenvalue weighted by molar-refractivity contribution is 14.1. The molecule has 1 aliphatic rings. The monoisotopic (exact) mass is 560 g/mol. The van der Waals surface area contributed by atoms with Crippen LogP contribution in [0.15, 0.2) is 48.0 Å². The Hall–Kier alpha value is -1.95. The van der Waals surface area contributed by atoms with Crippen molar-refractivity contribution < 1.29 is 19.5 Å². The molecular formula is C17H10I2N2O4. The fourth-order valence-electron chi connectivity index (χ4n) is 2.30. The van der Waals surface area contributed by atoms with Crippen LogP contribution in [0.5, 0.6) is 5.75 Å². The number of urea groups is 1. The van der Waals surface area contributed by atoms with Gasteiger partial charge in [0.1, 0.15) is 11.3 Å². The van der Waals surface area contributed by atoms with Crippen LogP contribution in [0.3, 0.4) is 0 Å². The maximum Gasteiger partial charge on any atom is 0.335 e. The van der Waals surface area contributed by atoms with E-state index >= 15 is 0 Å². The van der Waals surface area contributed by atoms with Crippen LogP contribution in [0.4, 0.5) is 10.5 Å². The minimum absolute atomic E-state index is 0.142. The summed E-state index contributed by atoms with van der Waals surface area (Å²) in [5.41, 5.74) is 0.798. The molecule has 2 aromatic carbocycles. The highest BCUT2D eigenvalue weighted by Crippen LogP contribution is 2.29. The van der Waals surface area contributed by atoms with E-state index in [1.54, 1.807) is 42.5 Å². The van der Waals surface area contributed by atoms with Gasteiger partial charge in [0, 0.05) is 0 Å². The second kappa shape index (κ2) is 7.12. The zero-order valence-electron chi connectivity index (χ0n) is 12.5. The molecular weight excluding hydrogens is 550 g/mol. The highest BCUT2D eigenvalue weighted by atomic mass is 127. The van der Waals surface area contributed by atoms with Crippen LogP contribution >= 0.6 is 45.2 Å². The second-order valence-electron chi connectivity index (χ2n) is 5.13. The van der Waals surface area contributed by atoms with Crippen LogP contribution < -0.4 is 10.2 Å². The number of benzene rings is 2. The third-order valence-electron chi connectivity index (χ3n) is 3.47. The van der Waals surface area contributed by atoms with Gasteiger partial charge in [-0.15, -0.1) is 0 Å². The average Bonchev–Trinajstić information content (AvgIpc) is 2.57. The Bertz CT molecular complexity index is 902. The van der Waals surface area contributed by atoms with E-state index in [9.17, 15) is 19.5 Å². The molecule has 0 aromatic heterocycles. The summed E-state index contributed by atoms with van der Waals surface area (Å²) in [5, 5.41) is 12.0. The van der Waals surface area contributed by atoms with E-state index in [1.165, 1.54) is 6.08 Å². The lowest BCUT2D eigenvalue weighted by Gasteiger charge is -2.26. The minimum Gasteiger partial charge on any atom is -0.506 e. The van der Waals surface area contributed by atoms with Crippen molar-refractivity contribution in [3.8, 4) is 5.75 Å². The fraction of sp³-hybridized carbons (Fsp3) is 0. The van der Waals surface area contributed by atoms with Crippen molar-refractivity contribution in [2.24, 2.45) is 0 Å². The van der Waals surface area contributed by atoms with Crippen molar-refractivity contribution in [1.29, 1.82) is 0 Å². The first-order valence-corrected chi connectivity index (χ1v) is 9.18. The number of hydrogen-bond donors (Lipinski definition) is 2. The van der Waals surface area contributed by atoms with Crippen LogP contribution in [-0.2, 0) is 9.59 Å². The molecule has 4 amide bonds. The van der Waals surface area contributed by atoms with Gasteiger partial charge in [0.05, 0.1) is 12.8 Å². The van der Waals surface area contributed by atoms with Crippen molar-refractivity contribution in [2.75, 3.05) is 4.90 Å². The first-order valence-electron chi connectivity index (χ1n) is 7.03. The summed E-state index contributed by atoms with van der Waals surface area (Å²) in [6, 6.07) is 10.9. The maximum atomic E-state index is 12.7. The number of imide groups is 2. The molecule has 0 spiro atoms. The number of phenolic OH excluding ortho intramolecular Hbond substituents is 1. The Balaban J connectivity index is 2.05. The van der Waals surface area contributed by atoms with Gasteiger partial charge in [0.15, 0.2) is 0 Å². The van der Waals surface area contributed by atoms with E-state index < -0.39 is 17.8 Å². The Kier molecular flexibility index (Phi) is 5.08. The van der Waals surface area contributed by atoms with Crippen molar-refractivity contribution in [3.63, 3.8) is 0 Å². The Labute approximate surface area is 170 Å². The average molecular weight is 560 g/mol. The molecule has 1 heterocycles. The first kappa shape index (κ1) is 17.9. The maximum absolute atomic E-state index is 12.7. The molecule has 0 saturated carbocycles. The van der Waals surface area contributed by atoms with Gasteiger partial charge >= 0.3 is 6.03 Å². The van der Waals surface area contributed by atoms with E-state index in [-0.39, 0.29) is 11.3 Å². The summed E-state index contributed by atoms with van der Waals surface area (Å²) in [5.74, 6) is -1.30. The third-order valence-corrected chi connectivity index (χ3v) is 5.11. The summed E-state index contributed by atoms with van der Waals surface area (Å²) >= 11 is 3.93. The summed E-state index contributed by atoms with van der Waals surface area (Å²) in [6.45, 7) is 0. The van der Waals surface area contributed by atoms with Gasteiger partial charge in [0.2, 0.25) is 0 Å². The molecule has 6 nitrogen and oxygen atoms in total. The molecule has 0 unspecified atom stereocenters. The largest absolute Gasteiger partial charge is 0.506 e. The van der Waals surface area contributed by atoms with E-state index in [0.29, 0.717) is 18.4 Å². The molecule has 25 heavy (non-hydrogen) atoms. The third kappa shape index (κ3) is 3.54. The number of hydrogen-bond acceptors (Lipinski definition) is 4. The number of aromatic hydroxyl groups is 1. The van der Waals surface area contributed by atoms with E-state index in [2.05, 4.69) is 5.32 Å². The molecule has 1 fully saturated rings. The van der Waals surface area contributed by atoms with Gasteiger partial charge < -0.3 is 5.11 Å². The van der Waals surface area contributed by atoms with E-state index in [1.807, 2.05) is 45.2 Å². The zero-order chi connectivity index (χ0) is 18.1. The Morgan fingerprint density at radius 3 is 2.20 bits per heavy atom. The van der Waals surface area contributed by atoms with Gasteiger partial charge in [-0.1, -0.05) is 18.2 Å². The first-order chi connectivity index (χ1) is 11.9. The molecule has 0 bridgehead atoms. The van der Waals surface area contributed by atoms with E-state index in [4.69, 9.17) is 0 Å². The topological polar surface area (TPSA) is 86.7 Å². The van der Waals surface area contributed by atoms with Gasteiger partial charge in [-0.2, -0.15) is 0 Å². The number of halogens is 2. The van der Waals surface area contributed by atoms with Gasteiger partial charge in [-0.3, -0.25) is 14.9 Å². The number of phenols is 1. The smallest absolute Gasteiger partial charge is 0.335 e. The minimum atomic E-state index is -0.784. The molecule has 126 valence electrons. The lowest BCUT2D eigenvalue weighted by molar-refractivity contribution is -0.122. The molecule has 0 radical (unpaired) electrons. The Morgan fingerprint density at radius 1 is 1.00 bits per heavy atom. The lowest BCUT2D eigenvalue weighted by atomic mass is 10.1. The number of anilines is 1. The van der Waals surface area contributed by atoms with Crippen LogP contribution in [0.2, 0.25) is 0 Å². The van der Waals surface area contributed by atoms with Crippen LogP contribution in [0.1, 0.15) is 5.56 Å². The molecule has 8 heteroatoms. The molecule has 1 saturated heterocycles. The summed E-state index contributed by atoms with van der Waals surface area (Å²) in [4.78, 5) is 37.8. The van der Waals surface area contributed by atoms with Crippen molar-refractivity contribution in [2.45, 2.75) is 0 Å². The van der Waals surface area contributed by atoms with Crippen molar-refractivity contribution in [1.82, 2.24) is 5.32 Å². The van der Waals surface area contributed by atoms with Crippen molar-refractivity contribution in [3.05, 3.63) is 60.7 Å². The lowest BCUT2D eigenvalue weighted by Crippen LogP contribution is -2.54. The molecule has 2 N–H and O–H groups in total. The molecule has 3 rings (SSSR count). The SMILES string of the molecule is O=C1NC(=O)N(c2ccccc2)C(=O)/C1=C/c1cc(I)c(O)c(I)c1. The predicted molar refractivity (Wildman–Crippen MR) is 109 cm³/mol. The van der Waals surface area contributed by atoms with Crippen LogP contribution in [0, 0.1) is 7.14 Å². The van der Waals surface area contributed by atoms with Crippen LogP contribution in [0.25, 0.3) is 6.08 Å². The molecule has 2 aromatic rings. The number of para-hydroxylation sites is 1. The number of nitrogens with one attached hydrogen (secondary N) is 1. The molecule has 0 atom stereocenters. The number of carbonyl (C=O) groups is 3. The van der Waals surface area contributed by atoms with Crippen LogP contribution in [-0.4, -0.2) is 23.0 Å². The molecule has 1 aliphatic heterocycles. The quantitative estimate of drug-likeness (QED) is 0.336. The van der Waals surface area contributed by atoms with Crippen molar-refractivity contribution >= 4 is 74.8 Å². The summed E-state index contributed by atoms with van der Waals surface area (Å²) in [6.07, 6.45) is 1.41. The number of carbonyl (C=O) groups excluding carboxylic acids is 3. The predicted octanol–water partition coefficient (Wildman–Crippen LogP) is 3.27. The van der Waals surface area contributed by atoms with Gasteiger partial charge in [-0.25, -0.2) is 9.69 Å². The number of amides is 4. The zero-order valence-corrected chi connectivity index (χ0v) is 16.8. The number of nitrogens with zero attached hydrogens (tertiary/aromatic N) is 1. The molecule has 0 aliphatic carbocycles. The number of rotatable bonds is 2. The summed E-state index contributed by atoms with van der Waals surface area (Å²) < 4.78 is 1.19. The fourth-order valence-corrected chi connectivity index (χ4v) is 4.12. The summed E-state index contributed by atoms with van der Waals surface area (Å²) in [7, 11) is 0. The Morgan fingerprint density at radius 2 is 1.60 bits per heavy atom. The standard InChI is InChI=1S/C17H10I2N2O4/c18-12-7-9(8-13(19)14(12)22)6-11-15(23)20-17(25)21(16(11)24)10-4-2-1-3-5-10/h1-8,22H,(H,20,23,25)/b11-6+. The number of barbiturate groups is 1. The normalized spacial score (nSPS) is 16.3. The van der Waals surface area contributed by atoms with Gasteiger partial charge in [0.25, 0.3) is 11.8 Å². The highest BCUT2D eigenvalue weighted by Gasteiger charge is 2.36. The second-order valence-corrected chi connectivity index (χ2v) is 7.45.